The molecule has 0 bridgehead atoms. The number of aromatic nitrogens is 1. The van der Waals surface area contributed by atoms with Gasteiger partial charge in [-0.15, -0.1) is 0 Å². The third-order valence-electron chi connectivity index (χ3n) is 3.43. The molecule has 1 aliphatic rings. The van der Waals surface area contributed by atoms with Crippen LogP contribution in [0.25, 0.3) is 0 Å². The minimum Gasteiger partial charge on any atom is -0.481 e. The van der Waals surface area contributed by atoms with E-state index in [1.54, 1.807) is 0 Å². The summed E-state index contributed by atoms with van der Waals surface area (Å²) in [5, 5.41) is 17.5. The third kappa shape index (κ3) is 3.56. The van der Waals surface area contributed by atoms with Crippen LogP contribution in [0.5, 0.6) is 0 Å². The largest absolute Gasteiger partial charge is 0.481 e. The molecule has 2 heterocycles. The number of carbonyl (C=O) groups is 1. The topological polar surface area (TPSA) is 111 Å². The zero-order valence-corrected chi connectivity index (χ0v) is 12.1. The number of nitrogens with zero attached hydrogens (tertiary/aromatic N) is 3. The summed E-state index contributed by atoms with van der Waals surface area (Å²) < 4.78 is 26.2. The van der Waals surface area contributed by atoms with Crippen LogP contribution >= 0.6 is 0 Å². The van der Waals surface area contributed by atoms with E-state index in [4.69, 9.17) is 10.4 Å². The molecular weight excluding hydrogens is 294 g/mol. The Morgan fingerprint density at radius 2 is 2.29 bits per heavy atom. The van der Waals surface area contributed by atoms with Gasteiger partial charge < -0.3 is 5.11 Å². The van der Waals surface area contributed by atoms with E-state index >= 15 is 0 Å². The van der Waals surface area contributed by atoms with Crippen molar-refractivity contribution < 1.29 is 18.3 Å². The number of pyridine rings is 1. The van der Waals surface area contributed by atoms with Gasteiger partial charge in [-0.1, -0.05) is 0 Å². The number of carboxylic acids is 1. The van der Waals surface area contributed by atoms with E-state index in [2.05, 4.69) is 4.98 Å². The first-order valence-electron chi connectivity index (χ1n) is 6.51. The molecule has 112 valence electrons. The smallest absolute Gasteiger partial charge is 0.303 e. The molecular formula is C13H15N3O4S. The summed E-state index contributed by atoms with van der Waals surface area (Å²) in [7, 11) is -3.69. The Labute approximate surface area is 122 Å². The molecule has 1 atom stereocenters. The maximum atomic E-state index is 12.5. The fourth-order valence-electron chi connectivity index (χ4n) is 2.41. The molecule has 7 nitrogen and oxygen atoms in total. The van der Waals surface area contributed by atoms with Crippen molar-refractivity contribution >= 4 is 16.0 Å². The normalized spacial score (nSPS) is 19.9. The van der Waals surface area contributed by atoms with Crippen molar-refractivity contribution in [3.8, 4) is 6.07 Å². The third-order valence-corrected chi connectivity index (χ3v) is 5.28. The predicted octanol–water partition coefficient (Wildman–Crippen LogP) is 0.829. The fourth-order valence-corrected chi connectivity index (χ4v) is 3.91. The lowest BCUT2D eigenvalue weighted by Gasteiger charge is -2.31. The second-order valence-corrected chi connectivity index (χ2v) is 6.90. The van der Waals surface area contributed by atoms with E-state index in [1.807, 2.05) is 6.07 Å². The van der Waals surface area contributed by atoms with E-state index in [0.717, 1.165) is 6.20 Å². The maximum absolute atomic E-state index is 12.5. The summed E-state index contributed by atoms with van der Waals surface area (Å²) in [6, 6.07) is 4.53. The number of nitriles is 1. The number of hydrogen-bond donors (Lipinski definition) is 1. The van der Waals surface area contributed by atoms with Gasteiger partial charge in [0.15, 0.2) is 0 Å². The number of aliphatic carboxylic acids is 1. The monoisotopic (exact) mass is 309 g/mol. The van der Waals surface area contributed by atoms with Gasteiger partial charge in [-0.05, 0) is 30.9 Å². The highest BCUT2D eigenvalue weighted by molar-refractivity contribution is 7.89. The quantitative estimate of drug-likeness (QED) is 0.881. The van der Waals surface area contributed by atoms with E-state index in [0.29, 0.717) is 19.4 Å². The summed E-state index contributed by atoms with van der Waals surface area (Å²) in [6.45, 7) is 0.576. The van der Waals surface area contributed by atoms with Crippen LogP contribution in [0.4, 0.5) is 0 Å². The molecule has 0 aliphatic carbocycles. The van der Waals surface area contributed by atoms with Crippen LogP contribution < -0.4 is 0 Å². The van der Waals surface area contributed by atoms with Gasteiger partial charge in [0.25, 0.3) is 0 Å². The van der Waals surface area contributed by atoms with Crippen molar-refractivity contribution in [3.63, 3.8) is 0 Å². The molecule has 0 aromatic carbocycles. The van der Waals surface area contributed by atoms with Gasteiger partial charge in [-0.2, -0.15) is 9.57 Å². The van der Waals surface area contributed by atoms with Gasteiger partial charge in [0.2, 0.25) is 10.0 Å². The zero-order chi connectivity index (χ0) is 15.5. The first-order chi connectivity index (χ1) is 9.93. The minimum absolute atomic E-state index is 0.0254. The van der Waals surface area contributed by atoms with Crippen LogP contribution in [0.2, 0.25) is 0 Å². The average Bonchev–Trinajstić information content (AvgIpc) is 2.47. The van der Waals surface area contributed by atoms with Crippen molar-refractivity contribution in [2.75, 3.05) is 13.1 Å². The van der Waals surface area contributed by atoms with Crippen LogP contribution in [0, 0.1) is 17.2 Å². The van der Waals surface area contributed by atoms with Crippen LogP contribution in [0.1, 0.15) is 25.0 Å². The first kappa shape index (κ1) is 15.4. The standard InChI is InChI=1S/C13H15N3O4S/c14-7-11-3-4-12(8-15-11)21(19,20)16-5-1-2-10(9-16)6-13(17)18/h3-4,8,10H,1-2,5-6,9H2,(H,17,18). The summed E-state index contributed by atoms with van der Waals surface area (Å²) in [5.74, 6) is -1.09. The second kappa shape index (κ2) is 6.20. The molecule has 21 heavy (non-hydrogen) atoms. The molecule has 0 radical (unpaired) electrons. The number of piperidine rings is 1. The molecule has 2 rings (SSSR count). The summed E-state index contributed by atoms with van der Waals surface area (Å²) in [4.78, 5) is 14.5. The van der Waals surface area contributed by atoms with E-state index in [9.17, 15) is 13.2 Å². The minimum atomic E-state index is -3.69. The molecule has 8 heteroatoms. The van der Waals surface area contributed by atoms with Crippen molar-refractivity contribution in [3.05, 3.63) is 24.0 Å². The molecule has 1 saturated heterocycles. The number of sulfonamides is 1. The van der Waals surface area contributed by atoms with E-state index < -0.39 is 16.0 Å². The highest BCUT2D eigenvalue weighted by Crippen LogP contribution is 2.25. The lowest BCUT2D eigenvalue weighted by Crippen LogP contribution is -2.40. The Morgan fingerprint density at radius 1 is 1.52 bits per heavy atom. The van der Waals surface area contributed by atoms with Crippen molar-refractivity contribution in [1.82, 2.24) is 9.29 Å². The van der Waals surface area contributed by atoms with Gasteiger partial charge in [0.1, 0.15) is 16.7 Å². The highest BCUT2D eigenvalue weighted by atomic mass is 32.2. The molecule has 0 saturated carbocycles. The van der Waals surface area contributed by atoms with Crippen LogP contribution in [0.15, 0.2) is 23.2 Å². The molecule has 1 fully saturated rings. The molecule has 1 aromatic heterocycles. The Bertz CT molecular complexity index is 664. The van der Waals surface area contributed by atoms with Crippen LogP contribution in [-0.2, 0) is 14.8 Å². The molecule has 0 amide bonds. The number of carboxylic acid groups (broad SMARTS) is 1. The Morgan fingerprint density at radius 3 is 2.86 bits per heavy atom. The maximum Gasteiger partial charge on any atom is 0.303 e. The Hall–Kier alpha value is -1.98. The van der Waals surface area contributed by atoms with Crippen LogP contribution in [-0.4, -0.2) is 41.9 Å². The number of hydrogen-bond acceptors (Lipinski definition) is 5. The molecule has 1 aliphatic heterocycles. The van der Waals surface area contributed by atoms with Gasteiger partial charge >= 0.3 is 5.97 Å². The summed E-state index contributed by atoms with van der Waals surface area (Å²) in [5.41, 5.74) is 0.149. The molecule has 0 spiro atoms. The molecule has 1 aromatic rings. The van der Waals surface area contributed by atoms with Gasteiger partial charge in [0.05, 0.1) is 0 Å². The Kier molecular flexibility index (Phi) is 4.55. The Balaban J connectivity index is 2.18. The lowest BCUT2D eigenvalue weighted by atomic mass is 9.96. The van der Waals surface area contributed by atoms with Crippen molar-refractivity contribution in [2.45, 2.75) is 24.2 Å². The SMILES string of the molecule is N#Cc1ccc(S(=O)(=O)N2CCCC(CC(=O)O)C2)cn1. The van der Waals surface area contributed by atoms with E-state index in [-0.39, 0.29) is 29.5 Å². The fraction of sp³-hybridized carbons (Fsp3) is 0.462. The molecule has 1 unspecified atom stereocenters. The number of rotatable bonds is 4. The predicted molar refractivity (Wildman–Crippen MR) is 72.7 cm³/mol. The summed E-state index contributed by atoms with van der Waals surface area (Å²) >= 11 is 0. The zero-order valence-electron chi connectivity index (χ0n) is 11.3. The lowest BCUT2D eigenvalue weighted by molar-refractivity contribution is -0.138. The van der Waals surface area contributed by atoms with Gasteiger partial charge in [-0.25, -0.2) is 13.4 Å². The average molecular weight is 309 g/mol. The molecule has 1 N–H and O–H groups in total. The van der Waals surface area contributed by atoms with Crippen LogP contribution in [0.3, 0.4) is 0 Å². The van der Waals surface area contributed by atoms with Gasteiger partial charge in [0, 0.05) is 25.7 Å². The highest BCUT2D eigenvalue weighted by Gasteiger charge is 2.31. The van der Waals surface area contributed by atoms with E-state index in [1.165, 1.54) is 16.4 Å². The van der Waals surface area contributed by atoms with Gasteiger partial charge in [-0.3, -0.25) is 4.79 Å². The first-order valence-corrected chi connectivity index (χ1v) is 7.95. The summed E-state index contributed by atoms with van der Waals surface area (Å²) in [6.07, 6.45) is 2.48. The second-order valence-electron chi connectivity index (χ2n) is 4.96. The van der Waals surface area contributed by atoms with Crippen molar-refractivity contribution in [1.29, 1.82) is 5.26 Å². The van der Waals surface area contributed by atoms with Crippen molar-refractivity contribution in [2.24, 2.45) is 5.92 Å².